The Hall–Kier alpha value is -1.31. The van der Waals surface area contributed by atoms with Crippen molar-refractivity contribution in [3.05, 3.63) is 29.8 Å². The van der Waals surface area contributed by atoms with Gasteiger partial charge in [-0.3, -0.25) is 0 Å². The second kappa shape index (κ2) is 6.31. The van der Waals surface area contributed by atoms with Crippen molar-refractivity contribution >= 4 is 11.5 Å². The van der Waals surface area contributed by atoms with Crippen molar-refractivity contribution in [1.29, 1.82) is 0 Å². The molecule has 0 bridgehead atoms. The topological polar surface area (TPSA) is 38.4 Å². The van der Waals surface area contributed by atoms with Gasteiger partial charge >= 0.3 is 0 Å². The van der Waals surface area contributed by atoms with Crippen LogP contribution < -0.4 is 5.73 Å². The van der Waals surface area contributed by atoms with Gasteiger partial charge in [0, 0.05) is 5.92 Å². The van der Waals surface area contributed by atoms with Crippen LogP contribution in [0.1, 0.15) is 39.2 Å². The third kappa shape index (κ3) is 4.05. The number of benzene rings is 1. The Morgan fingerprint density at radius 1 is 1.25 bits per heavy atom. The smallest absolute Gasteiger partial charge is 0.102 e. The van der Waals surface area contributed by atoms with Crippen LogP contribution in [0.25, 0.3) is 0 Å². The molecule has 0 aliphatic rings. The van der Waals surface area contributed by atoms with Gasteiger partial charge in [0.05, 0.1) is 5.69 Å². The highest BCUT2D eigenvalue weighted by atomic mass is 14.9. The highest BCUT2D eigenvalue weighted by Gasteiger charge is 1.99. The van der Waals surface area contributed by atoms with Crippen molar-refractivity contribution in [1.82, 2.24) is 0 Å². The summed E-state index contributed by atoms with van der Waals surface area (Å²) in [7, 11) is 0. The largest absolute Gasteiger partial charge is 0.387 e. The molecule has 0 atom stereocenters. The number of aryl methyl sites for hydroxylation is 1. The molecule has 2 nitrogen and oxygen atoms in total. The molecular formula is C14H22N2. The first-order valence-electron chi connectivity index (χ1n) is 6.06. The Balaban J connectivity index is 2.68. The molecule has 2 heteroatoms. The second-order valence-corrected chi connectivity index (χ2v) is 4.46. The molecule has 0 amide bonds. The number of hydrogen-bond acceptors (Lipinski definition) is 1. The Morgan fingerprint density at radius 3 is 2.38 bits per heavy atom. The number of rotatable bonds is 5. The van der Waals surface area contributed by atoms with Gasteiger partial charge in [-0.2, -0.15) is 0 Å². The van der Waals surface area contributed by atoms with Crippen molar-refractivity contribution in [3.63, 3.8) is 0 Å². The second-order valence-electron chi connectivity index (χ2n) is 4.46. The van der Waals surface area contributed by atoms with Gasteiger partial charge in [-0.15, -0.1) is 0 Å². The van der Waals surface area contributed by atoms with Crippen LogP contribution in [-0.4, -0.2) is 5.84 Å². The molecule has 2 N–H and O–H groups in total. The first-order chi connectivity index (χ1) is 7.63. The number of aliphatic imine (C=N–C) groups is 1. The summed E-state index contributed by atoms with van der Waals surface area (Å²) in [6.45, 7) is 6.31. The van der Waals surface area contributed by atoms with Gasteiger partial charge in [-0.25, -0.2) is 4.99 Å². The zero-order valence-electron chi connectivity index (χ0n) is 10.5. The van der Waals surface area contributed by atoms with E-state index in [-0.39, 0.29) is 0 Å². The summed E-state index contributed by atoms with van der Waals surface area (Å²) in [5.74, 6) is 1.00. The van der Waals surface area contributed by atoms with E-state index in [0.717, 1.165) is 12.1 Å². The molecule has 0 fully saturated rings. The lowest BCUT2D eigenvalue weighted by Crippen LogP contribution is -2.17. The number of nitrogens with two attached hydrogens (primary N) is 1. The number of hydrogen-bond donors (Lipinski definition) is 1. The summed E-state index contributed by atoms with van der Waals surface area (Å²) in [5.41, 5.74) is 8.15. The quantitative estimate of drug-likeness (QED) is 0.594. The number of amidine groups is 1. The van der Waals surface area contributed by atoms with E-state index in [1.807, 2.05) is 12.1 Å². The summed E-state index contributed by atoms with van der Waals surface area (Å²) in [5, 5.41) is 0. The molecular weight excluding hydrogens is 196 g/mol. The minimum Gasteiger partial charge on any atom is -0.387 e. The lowest BCUT2D eigenvalue weighted by molar-refractivity contribution is 0.795. The van der Waals surface area contributed by atoms with Crippen LogP contribution in [-0.2, 0) is 6.42 Å². The van der Waals surface area contributed by atoms with Crippen molar-refractivity contribution in [2.24, 2.45) is 16.6 Å². The zero-order valence-corrected chi connectivity index (χ0v) is 10.5. The third-order valence-electron chi connectivity index (χ3n) is 2.61. The summed E-state index contributed by atoms with van der Waals surface area (Å²) in [4.78, 5) is 4.37. The molecule has 1 aromatic rings. The molecule has 16 heavy (non-hydrogen) atoms. The van der Waals surface area contributed by atoms with Crippen LogP contribution in [0.2, 0.25) is 0 Å². The van der Waals surface area contributed by atoms with Crippen LogP contribution in [0.3, 0.4) is 0 Å². The molecule has 0 aliphatic heterocycles. The molecule has 1 rings (SSSR count). The molecule has 0 spiro atoms. The molecule has 0 aliphatic carbocycles. The minimum absolute atomic E-state index is 0.305. The summed E-state index contributed by atoms with van der Waals surface area (Å²) < 4.78 is 0. The van der Waals surface area contributed by atoms with Crippen LogP contribution in [0.15, 0.2) is 29.3 Å². The number of unbranched alkanes of at least 4 members (excludes halogenated alkanes) is 1. The van der Waals surface area contributed by atoms with E-state index in [1.165, 1.54) is 18.4 Å². The Bertz CT molecular complexity index is 336. The maximum atomic E-state index is 5.82. The maximum Gasteiger partial charge on any atom is 0.102 e. The molecule has 0 unspecified atom stereocenters. The Labute approximate surface area is 98.6 Å². The zero-order chi connectivity index (χ0) is 12.0. The van der Waals surface area contributed by atoms with Gasteiger partial charge in [0.25, 0.3) is 0 Å². The van der Waals surface area contributed by atoms with E-state index < -0.39 is 0 Å². The van der Waals surface area contributed by atoms with Crippen molar-refractivity contribution < 1.29 is 0 Å². The number of nitrogens with zero attached hydrogens (tertiary/aromatic N) is 1. The van der Waals surface area contributed by atoms with Crippen LogP contribution >= 0.6 is 0 Å². The van der Waals surface area contributed by atoms with E-state index in [4.69, 9.17) is 5.73 Å². The molecule has 0 saturated carbocycles. The van der Waals surface area contributed by atoms with Gasteiger partial charge in [-0.05, 0) is 30.5 Å². The van der Waals surface area contributed by atoms with E-state index in [0.29, 0.717) is 11.8 Å². The SMILES string of the molecule is CCCCc1ccc(N=C(N)C(C)C)cc1. The van der Waals surface area contributed by atoms with Crippen LogP contribution in [0.4, 0.5) is 5.69 Å². The Morgan fingerprint density at radius 2 is 1.88 bits per heavy atom. The highest BCUT2D eigenvalue weighted by Crippen LogP contribution is 2.15. The van der Waals surface area contributed by atoms with Crippen molar-refractivity contribution in [2.75, 3.05) is 0 Å². The van der Waals surface area contributed by atoms with E-state index in [2.05, 4.69) is 37.9 Å². The fraction of sp³-hybridized carbons (Fsp3) is 0.500. The average molecular weight is 218 g/mol. The fourth-order valence-electron chi connectivity index (χ4n) is 1.40. The molecule has 0 aromatic heterocycles. The van der Waals surface area contributed by atoms with Gasteiger partial charge in [0.2, 0.25) is 0 Å². The summed E-state index contributed by atoms with van der Waals surface area (Å²) >= 11 is 0. The van der Waals surface area contributed by atoms with Gasteiger partial charge in [-0.1, -0.05) is 39.3 Å². The lowest BCUT2D eigenvalue weighted by Gasteiger charge is -2.04. The lowest BCUT2D eigenvalue weighted by atomic mass is 10.1. The third-order valence-corrected chi connectivity index (χ3v) is 2.61. The summed E-state index contributed by atoms with van der Waals surface area (Å²) in [6, 6.07) is 8.37. The van der Waals surface area contributed by atoms with E-state index in [1.54, 1.807) is 0 Å². The predicted molar refractivity (Wildman–Crippen MR) is 71.2 cm³/mol. The Kier molecular flexibility index (Phi) is 5.03. The molecule has 0 heterocycles. The summed E-state index contributed by atoms with van der Waals surface area (Å²) in [6.07, 6.45) is 3.64. The first-order valence-corrected chi connectivity index (χ1v) is 6.06. The highest BCUT2D eigenvalue weighted by molar-refractivity contribution is 5.84. The predicted octanol–water partition coefficient (Wildman–Crippen LogP) is 3.67. The fourth-order valence-corrected chi connectivity index (χ4v) is 1.40. The van der Waals surface area contributed by atoms with Gasteiger partial charge in [0.15, 0.2) is 0 Å². The van der Waals surface area contributed by atoms with E-state index in [9.17, 15) is 0 Å². The molecule has 1 aromatic carbocycles. The van der Waals surface area contributed by atoms with E-state index >= 15 is 0 Å². The average Bonchev–Trinajstić information content (AvgIpc) is 2.28. The van der Waals surface area contributed by atoms with Crippen molar-refractivity contribution in [2.45, 2.75) is 40.0 Å². The maximum absolute atomic E-state index is 5.82. The first kappa shape index (κ1) is 12.8. The monoisotopic (exact) mass is 218 g/mol. The normalized spacial score (nSPS) is 12.1. The van der Waals surface area contributed by atoms with Crippen LogP contribution in [0, 0.1) is 5.92 Å². The standard InChI is InChI=1S/C14H22N2/c1-4-5-6-12-7-9-13(10-8-12)16-14(15)11(2)3/h7-11H,4-6H2,1-3H3,(H2,15,16). The van der Waals surface area contributed by atoms with Gasteiger partial charge < -0.3 is 5.73 Å². The van der Waals surface area contributed by atoms with Crippen LogP contribution in [0.5, 0.6) is 0 Å². The molecule has 0 radical (unpaired) electrons. The minimum atomic E-state index is 0.305. The van der Waals surface area contributed by atoms with Crippen molar-refractivity contribution in [3.8, 4) is 0 Å². The molecule has 0 saturated heterocycles. The van der Waals surface area contributed by atoms with Gasteiger partial charge in [0.1, 0.15) is 5.84 Å². The molecule has 88 valence electrons.